The summed E-state index contributed by atoms with van der Waals surface area (Å²) >= 11 is 5.36. The number of halogens is 1. The van der Waals surface area contributed by atoms with Crippen molar-refractivity contribution in [2.24, 2.45) is 0 Å². The number of anilines is 1. The summed E-state index contributed by atoms with van der Waals surface area (Å²) in [5.74, 6) is 2.31. The molecule has 1 fully saturated rings. The van der Waals surface area contributed by atoms with Gasteiger partial charge < -0.3 is 4.90 Å². The molecule has 0 aliphatic carbocycles. The summed E-state index contributed by atoms with van der Waals surface area (Å²) in [6.07, 6.45) is 0. The van der Waals surface area contributed by atoms with E-state index in [1.165, 1.54) is 0 Å². The highest BCUT2D eigenvalue weighted by molar-refractivity contribution is 9.10. The summed E-state index contributed by atoms with van der Waals surface area (Å²) in [6, 6.07) is 8.17. The Morgan fingerprint density at radius 3 is 2.73 bits per heavy atom. The Kier molecular flexibility index (Phi) is 3.55. The largest absolute Gasteiger partial charge is 0.369 e. The number of nitriles is 1. The Morgan fingerprint density at radius 1 is 1.33 bits per heavy atom. The number of hydrogen-bond acceptors (Lipinski definition) is 3. The molecular formula is C11H11BrN2S. The summed E-state index contributed by atoms with van der Waals surface area (Å²) in [4.78, 5) is 2.29. The zero-order chi connectivity index (χ0) is 10.7. The normalized spacial score (nSPS) is 16.1. The lowest BCUT2D eigenvalue weighted by Crippen LogP contribution is -2.32. The van der Waals surface area contributed by atoms with Gasteiger partial charge in [-0.3, -0.25) is 0 Å². The molecule has 2 rings (SSSR count). The molecular weight excluding hydrogens is 272 g/mol. The fraction of sp³-hybridized carbons (Fsp3) is 0.364. The quantitative estimate of drug-likeness (QED) is 0.793. The van der Waals surface area contributed by atoms with Crippen molar-refractivity contribution in [3.8, 4) is 6.07 Å². The molecule has 0 N–H and O–H groups in total. The van der Waals surface area contributed by atoms with Gasteiger partial charge in [-0.05, 0) is 18.2 Å². The van der Waals surface area contributed by atoms with Crippen molar-refractivity contribution >= 4 is 33.4 Å². The summed E-state index contributed by atoms with van der Waals surface area (Å²) in [7, 11) is 0. The number of nitrogens with zero attached hydrogens (tertiary/aromatic N) is 2. The van der Waals surface area contributed by atoms with Crippen LogP contribution in [0.4, 0.5) is 5.69 Å². The number of benzene rings is 1. The van der Waals surface area contributed by atoms with Crippen molar-refractivity contribution in [2.45, 2.75) is 0 Å². The van der Waals surface area contributed by atoms with Gasteiger partial charge in [0.25, 0.3) is 0 Å². The predicted molar refractivity (Wildman–Crippen MR) is 68.4 cm³/mol. The lowest BCUT2D eigenvalue weighted by atomic mass is 10.1. The number of hydrogen-bond donors (Lipinski definition) is 0. The van der Waals surface area contributed by atoms with Crippen molar-refractivity contribution in [2.75, 3.05) is 29.5 Å². The maximum absolute atomic E-state index is 9.07. The molecule has 0 radical (unpaired) electrons. The molecule has 1 saturated heterocycles. The van der Waals surface area contributed by atoms with Gasteiger partial charge in [0.15, 0.2) is 0 Å². The molecule has 78 valence electrons. The first-order valence-electron chi connectivity index (χ1n) is 4.83. The maximum Gasteiger partial charge on any atom is 0.101 e. The van der Waals surface area contributed by atoms with Crippen LogP contribution in [0.25, 0.3) is 0 Å². The lowest BCUT2D eigenvalue weighted by Gasteiger charge is -2.29. The second kappa shape index (κ2) is 4.91. The van der Waals surface area contributed by atoms with Crippen LogP contribution in [0.3, 0.4) is 0 Å². The molecule has 0 spiro atoms. The Morgan fingerprint density at radius 2 is 2.07 bits per heavy atom. The van der Waals surface area contributed by atoms with Crippen molar-refractivity contribution in [1.29, 1.82) is 5.26 Å². The van der Waals surface area contributed by atoms with E-state index in [0.29, 0.717) is 0 Å². The van der Waals surface area contributed by atoms with E-state index in [0.717, 1.165) is 40.3 Å². The molecule has 1 heterocycles. The minimum absolute atomic E-state index is 0.760. The Hall–Kier alpha value is -0.660. The molecule has 1 aromatic carbocycles. The van der Waals surface area contributed by atoms with Crippen molar-refractivity contribution < 1.29 is 0 Å². The second-order valence-corrected chi connectivity index (χ2v) is 5.51. The fourth-order valence-electron chi connectivity index (χ4n) is 1.68. The van der Waals surface area contributed by atoms with E-state index in [2.05, 4.69) is 26.9 Å². The van der Waals surface area contributed by atoms with Crippen molar-refractivity contribution in [3.05, 3.63) is 28.2 Å². The van der Waals surface area contributed by atoms with Gasteiger partial charge in [-0.15, -0.1) is 0 Å². The van der Waals surface area contributed by atoms with Gasteiger partial charge in [0.2, 0.25) is 0 Å². The molecule has 0 bridgehead atoms. The molecule has 0 atom stereocenters. The average Bonchev–Trinajstić information content (AvgIpc) is 2.30. The van der Waals surface area contributed by atoms with E-state index in [-0.39, 0.29) is 0 Å². The molecule has 4 heteroatoms. The first kappa shape index (κ1) is 10.8. The molecule has 1 aromatic rings. The second-order valence-electron chi connectivity index (χ2n) is 3.37. The van der Waals surface area contributed by atoms with Gasteiger partial charge >= 0.3 is 0 Å². The molecule has 1 aliphatic rings. The highest BCUT2D eigenvalue weighted by Gasteiger charge is 2.14. The SMILES string of the molecule is N#Cc1cc(Br)ccc1N1CCSCC1. The summed E-state index contributed by atoms with van der Waals surface area (Å²) in [5.41, 5.74) is 1.83. The van der Waals surface area contributed by atoms with Crippen LogP contribution >= 0.6 is 27.7 Å². The van der Waals surface area contributed by atoms with Gasteiger partial charge in [0.1, 0.15) is 6.07 Å². The van der Waals surface area contributed by atoms with Gasteiger partial charge in [0, 0.05) is 29.1 Å². The third-order valence-corrected chi connectivity index (χ3v) is 3.87. The van der Waals surface area contributed by atoms with E-state index in [9.17, 15) is 0 Å². The van der Waals surface area contributed by atoms with Gasteiger partial charge in [0.05, 0.1) is 11.3 Å². The molecule has 0 unspecified atom stereocenters. The fourth-order valence-corrected chi connectivity index (χ4v) is 2.94. The lowest BCUT2D eigenvalue weighted by molar-refractivity contribution is 0.857. The minimum atomic E-state index is 0.760. The van der Waals surface area contributed by atoms with Crippen LogP contribution in [-0.2, 0) is 0 Å². The number of rotatable bonds is 1. The Balaban J connectivity index is 2.30. The summed E-state index contributed by atoms with van der Waals surface area (Å²) in [6.45, 7) is 2.09. The van der Waals surface area contributed by atoms with Crippen LogP contribution < -0.4 is 4.90 Å². The summed E-state index contributed by atoms with van der Waals surface area (Å²) < 4.78 is 0.967. The first-order valence-corrected chi connectivity index (χ1v) is 6.78. The predicted octanol–water partition coefficient (Wildman–Crippen LogP) is 2.87. The molecule has 0 saturated carbocycles. The highest BCUT2D eigenvalue weighted by Crippen LogP contribution is 2.26. The van der Waals surface area contributed by atoms with Gasteiger partial charge in [-0.25, -0.2) is 0 Å². The first-order chi connectivity index (χ1) is 7.31. The minimum Gasteiger partial charge on any atom is -0.369 e. The van der Waals surface area contributed by atoms with Gasteiger partial charge in [-0.1, -0.05) is 15.9 Å². The monoisotopic (exact) mass is 282 g/mol. The standard InChI is InChI=1S/C11H11BrN2S/c12-10-1-2-11(9(7-10)8-13)14-3-5-15-6-4-14/h1-2,7H,3-6H2. The van der Waals surface area contributed by atoms with Crippen LogP contribution in [0.5, 0.6) is 0 Å². The molecule has 1 aliphatic heterocycles. The van der Waals surface area contributed by atoms with E-state index >= 15 is 0 Å². The van der Waals surface area contributed by atoms with Crippen molar-refractivity contribution in [3.63, 3.8) is 0 Å². The zero-order valence-electron chi connectivity index (χ0n) is 8.24. The third kappa shape index (κ3) is 2.47. The zero-order valence-corrected chi connectivity index (χ0v) is 10.6. The van der Waals surface area contributed by atoms with Crippen LogP contribution in [-0.4, -0.2) is 24.6 Å². The molecule has 0 aromatic heterocycles. The van der Waals surface area contributed by atoms with Gasteiger partial charge in [-0.2, -0.15) is 17.0 Å². The van der Waals surface area contributed by atoms with Crippen LogP contribution in [0.2, 0.25) is 0 Å². The van der Waals surface area contributed by atoms with E-state index in [1.54, 1.807) is 0 Å². The molecule has 2 nitrogen and oxygen atoms in total. The van der Waals surface area contributed by atoms with Crippen LogP contribution in [0.15, 0.2) is 22.7 Å². The van der Waals surface area contributed by atoms with E-state index in [1.807, 2.05) is 30.0 Å². The van der Waals surface area contributed by atoms with Crippen LogP contribution in [0.1, 0.15) is 5.56 Å². The molecule has 15 heavy (non-hydrogen) atoms. The number of thioether (sulfide) groups is 1. The average molecular weight is 283 g/mol. The van der Waals surface area contributed by atoms with E-state index < -0.39 is 0 Å². The van der Waals surface area contributed by atoms with E-state index in [4.69, 9.17) is 5.26 Å². The van der Waals surface area contributed by atoms with Crippen molar-refractivity contribution in [1.82, 2.24) is 0 Å². The maximum atomic E-state index is 9.07. The van der Waals surface area contributed by atoms with Crippen LogP contribution in [0, 0.1) is 11.3 Å². The smallest absolute Gasteiger partial charge is 0.101 e. The molecule has 0 amide bonds. The summed E-state index contributed by atoms with van der Waals surface area (Å²) in [5, 5.41) is 9.07. The highest BCUT2D eigenvalue weighted by atomic mass is 79.9. The Bertz CT molecular complexity index is 394. The topological polar surface area (TPSA) is 27.0 Å². The third-order valence-electron chi connectivity index (χ3n) is 2.43. The Labute approximate surface area is 102 Å².